The van der Waals surface area contributed by atoms with Gasteiger partial charge in [0.25, 0.3) is 0 Å². The standard InChI is InChI=1S/C18H17N2.2ClH/c1-14-4-3-5-15(2)18(14)20-12-8-17(9-13-20)16-6-10-19-11-7-16;;/h3-13H,1-2H3;2*1H/q+1;;/p-1. The molecule has 22 heavy (non-hydrogen) atoms. The Kier molecular flexibility index (Phi) is 6.54. The zero-order valence-electron chi connectivity index (χ0n) is 12.6. The third-order valence-corrected chi connectivity index (χ3v) is 3.58. The zero-order valence-corrected chi connectivity index (χ0v) is 14.1. The number of halogens is 2. The second kappa shape index (κ2) is 7.92. The van der Waals surface area contributed by atoms with Crippen molar-refractivity contribution in [1.29, 1.82) is 0 Å². The van der Waals surface area contributed by atoms with Crippen molar-refractivity contribution in [3.63, 3.8) is 0 Å². The van der Waals surface area contributed by atoms with Crippen LogP contribution in [0.2, 0.25) is 0 Å². The molecule has 3 aromatic rings. The largest absolute Gasteiger partial charge is 1.00 e. The van der Waals surface area contributed by atoms with E-state index in [9.17, 15) is 0 Å². The third kappa shape index (κ3) is 3.65. The van der Waals surface area contributed by atoms with Crippen LogP contribution in [-0.2, 0) is 0 Å². The molecule has 1 aromatic carbocycles. The molecule has 0 unspecified atom stereocenters. The molecule has 0 spiro atoms. The summed E-state index contributed by atoms with van der Waals surface area (Å²) in [6, 6.07) is 14.9. The fourth-order valence-corrected chi connectivity index (χ4v) is 2.56. The Hall–Kier alpha value is -1.90. The van der Waals surface area contributed by atoms with Gasteiger partial charge in [-0.2, -0.15) is 4.57 Å². The number of hydrogen-bond acceptors (Lipinski definition) is 0. The molecule has 2 heterocycles. The molecule has 114 valence electrons. The van der Waals surface area contributed by atoms with Crippen molar-refractivity contribution in [1.82, 2.24) is 0 Å². The molecule has 0 aliphatic carbocycles. The second-order valence-electron chi connectivity index (χ2n) is 5.02. The molecule has 0 fully saturated rings. The van der Waals surface area contributed by atoms with Crippen molar-refractivity contribution >= 4 is 0 Å². The van der Waals surface area contributed by atoms with Crippen LogP contribution in [-0.4, -0.2) is 0 Å². The van der Waals surface area contributed by atoms with E-state index in [0.717, 1.165) is 0 Å². The van der Waals surface area contributed by atoms with E-state index in [-0.39, 0.29) is 24.8 Å². The molecule has 0 amide bonds. The Morgan fingerprint density at radius 3 is 1.77 bits per heavy atom. The quantitative estimate of drug-likeness (QED) is 0.447. The summed E-state index contributed by atoms with van der Waals surface area (Å²) in [5, 5.41) is 0. The predicted molar refractivity (Wildman–Crippen MR) is 79.4 cm³/mol. The van der Waals surface area contributed by atoms with Gasteiger partial charge in [-0.3, -0.25) is 0 Å². The van der Waals surface area contributed by atoms with E-state index in [1.807, 2.05) is 12.4 Å². The van der Waals surface area contributed by atoms with E-state index < -0.39 is 0 Å². The molecular formula is C18H18Cl2N2. The molecule has 2 aromatic heterocycles. The minimum atomic E-state index is 0. The molecule has 0 radical (unpaired) electrons. The summed E-state index contributed by atoms with van der Waals surface area (Å²) in [5.74, 6) is 0. The van der Waals surface area contributed by atoms with E-state index >= 15 is 0 Å². The lowest BCUT2D eigenvalue weighted by Gasteiger charge is -2.04. The topological polar surface area (TPSA) is 18.0 Å². The molecular weight excluding hydrogens is 315 g/mol. The Labute approximate surface area is 143 Å². The smallest absolute Gasteiger partial charge is 0.216 e. The van der Waals surface area contributed by atoms with Gasteiger partial charge in [-0.1, -0.05) is 18.2 Å². The summed E-state index contributed by atoms with van der Waals surface area (Å²) >= 11 is 0. The number of para-hydroxylation sites is 1. The number of aromatic nitrogens is 2. The summed E-state index contributed by atoms with van der Waals surface area (Å²) in [6.07, 6.45) is 8.15. The highest BCUT2D eigenvalue weighted by Gasteiger charge is 2.12. The Morgan fingerprint density at radius 1 is 0.727 bits per heavy atom. The Bertz CT molecular complexity index is 706. The van der Waals surface area contributed by atoms with Gasteiger partial charge in [0.05, 0.1) is 0 Å². The molecule has 0 bridgehead atoms. The van der Waals surface area contributed by atoms with E-state index in [1.165, 1.54) is 27.9 Å². The minimum absolute atomic E-state index is 0. The lowest BCUT2D eigenvalue weighted by Crippen LogP contribution is -3.00. The van der Waals surface area contributed by atoms with Crippen molar-refractivity contribution in [3.8, 4) is 16.8 Å². The van der Waals surface area contributed by atoms with Crippen molar-refractivity contribution < 1.29 is 34.4 Å². The maximum absolute atomic E-state index is 3.05. The summed E-state index contributed by atoms with van der Waals surface area (Å²) in [6.45, 7) is 4.30. The van der Waals surface area contributed by atoms with Gasteiger partial charge in [0.2, 0.25) is 5.69 Å². The van der Waals surface area contributed by atoms with E-state index in [2.05, 4.69) is 78.3 Å². The fraction of sp³-hybridized carbons (Fsp3) is 0.111. The van der Waals surface area contributed by atoms with Crippen molar-refractivity contribution in [2.75, 3.05) is 0 Å². The summed E-state index contributed by atoms with van der Waals surface area (Å²) in [4.78, 5) is 3.05. The minimum Gasteiger partial charge on any atom is -1.00 e. The van der Waals surface area contributed by atoms with Crippen LogP contribution in [0.3, 0.4) is 0 Å². The van der Waals surface area contributed by atoms with Crippen molar-refractivity contribution in [3.05, 3.63) is 78.4 Å². The number of nitrogens with one attached hydrogen (secondary N) is 1. The van der Waals surface area contributed by atoms with Crippen LogP contribution in [0.5, 0.6) is 0 Å². The first-order valence-corrected chi connectivity index (χ1v) is 6.80. The van der Waals surface area contributed by atoms with Crippen LogP contribution in [0.4, 0.5) is 0 Å². The fourth-order valence-electron chi connectivity index (χ4n) is 2.56. The molecule has 2 nitrogen and oxygen atoms in total. The highest BCUT2D eigenvalue weighted by molar-refractivity contribution is 5.61. The molecule has 0 aliphatic heterocycles. The molecule has 1 N–H and O–H groups in total. The maximum Gasteiger partial charge on any atom is 0.216 e. The third-order valence-electron chi connectivity index (χ3n) is 3.58. The number of H-pyrrole nitrogens is 1. The summed E-state index contributed by atoms with van der Waals surface area (Å²) in [7, 11) is 0. The predicted octanol–water partition coefficient (Wildman–Crippen LogP) is -2.93. The first-order valence-electron chi connectivity index (χ1n) is 6.80. The summed E-state index contributed by atoms with van der Waals surface area (Å²) < 4.78 is 2.18. The average Bonchev–Trinajstić information content (AvgIpc) is 2.49. The van der Waals surface area contributed by atoms with Crippen LogP contribution in [0.1, 0.15) is 11.1 Å². The zero-order chi connectivity index (χ0) is 13.9. The van der Waals surface area contributed by atoms with Gasteiger partial charge in [-0.05, 0) is 25.0 Å². The van der Waals surface area contributed by atoms with Gasteiger partial charge in [0.1, 0.15) is 0 Å². The monoisotopic (exact) mass is 332 g/mol. The van der Waals surface area contributed by atoms with Crippen LogP contribution in [0, 0.1) is 13.8 Å². The second-order valence-corrected chi connectivity index (χ2v) is 5.02. The van der Waals surface area contributed by atoms with Crippen LogP contribution in [0.15, 0.2) is 67.3 Å². The van der Waals surface area contributed by atoms with Gasteiger partial charge in [0.15, 0.2) is 24.8 Å². The first-order chi connectivity index (χ1) is 9.75. The number of nitrogens with zero attached hydrogens (tertiary/aromatic N) is 1. The first kappa shape index (κ1) is 18.1. The molecule has 4 heteroatoms. The Balaban J connectivity index is 0.00000121. The maximum atomic E-state index is 3.05. The average molecular weight is 333 g/mol. The number of pyridine rings is 2. The number of hydrogen-bond donors (Lipinski definition) is 0. The van der Waals surface area contributed by atoms with E-state index in [4.69, 9.17) is 0 Å². The van der Waals surface area contributed by atoms with Crippen molar-refractivity contribution in [2.45, 2.75) is 13.8 Å². The highest BCUT2D eigenvalue weighted by Crippen LogP contribution is 2.17. The highest BCUT2D eigenvalue weighted by atomic mass is 35.5. The van der Waals surface area contributed by atoms with Gasteiger partial charge in [-0.25, -0.2) is 4.98 Å². The number of aryl methyl sites for hydroxylation is 2. The molecule has 0 atom stereocenters. The van der Waals surface area contributed by atoms with Gasteiger partial charge in [0, 0.05) is 35.4 Å². The SMILES string of the molecule is Cc1cccc(C)c1-[n+]1ccc(-c2cc[nH+]cc2)cc1.[Cl-].[Cl-]. The molecule has 0 saturated heterocycles. The van der Waals surface area contributed by atoms with Crippen LogP contribution < -0.4 is 34.4 Å². The van der Waals surface area contributed by atoms with Crippen molar-refractivity contribution in [2.24, 2.45) is 0 Å². The lowest BCUT2D eigenvalue weighted by atomic mass is 10.1. The Morgan fingerprint density at radius 2 is 1.23 bits per heavy atom. The lowest BCUT2D eigenvalue weighted by molar-refractivity contribution is -0.596. The molecule has 0 saturated carbocycles. The number of benzene rings is 1. The molecule has 0 aliphatic rings. The number of aromatic amines is 1. The summed E-state index contributed by atoms with van der Waals surface area (Å²) in [5.41, 5.74) is 6.29. The van der Waals surface area contributed by atoms with E-state index in [0.29, 0.717) is 0 Å². The molecule has 3 rings (SSSR count). The van der Waals surface area contributed by atoms with Gasteiger partial charge >= 0.3 is 0 Å². The van der Waals surface area contributed by atoms with Crippen LogP contribution in [0.25, 0.3) is 16.8 Å². The van der Waals surface area contributed by atoms with Crippen LogP contribution >= 0.6 is 0 Å². The normalized spacial score (nSPS) is 9.55. The van der Waals surface area contributed by atoms with E-state index in [1.54, 1.807) is 0 Å². The number of rotatable bonds is 2. The van der Waals surface area contributed by atoms with Gasteiger partial charge in [-0.15, -0.1) is 0 Å². The van der Waals surface area contributed by atoms with Gasteiger partial charge < -0.3 is 24.8 Å².